The normalized spacial score (nSPS) is 10.3. The van der Waals surface area contributed by atoms with Crippen LogP contribution in [0, 0.1) is 6.92 Å². The van der Waals surface area contributed by atoms with Crippen LogP contribution in [0.1, 0.15) is 25.6 Å². The molecule has 6 heteroatoms. The predicted molar refractivity (Wildman–Crippen MR) is 99.5 cm³/mol. The zero-order chi connectivity index (χ0) is 17.8. The zero-order valence-electron chi connectivity index (χ0n) is 13.4. The summed E-state index contributed by atoms with van der Waals surface area (Å²) in [5.74, 6) is -0.507. The number of phenolic OH excluding ortho intramolecular Hbond substituents is 1. The van der Waals surface area contributed by atoms with Crippen LogP contribution in [0.5, 0.6) is 5.75 Å². The first-order valence-electron chi connectivity index (χ1n) is 7.59. The minimum atomic E-state index is -0.336. The second-order valence-corrected chi connectivity index (χ2v) is 6.43. The van der Waals surface area contributed by atoms with Gasteiger partial charge in [0.05, 0.1) is 10.6 Å². The molecule has 5 nitrogen and oxygen atoms in total. The molecule has 3 aromatic rings. The molecule has 2 aromatic carbocycles. The van der Waals surface area contributed by atoms with Crippen LogP contribution in [0.4, 0.5) is 11.4 Å². The van der Waals surface area contributed by atoms with E-state index in [0.717, 1.165) is 5.56 Å². The summed E-state index contributed by atoms with van der Waals surface area (Å²) in [5.41, 5.74) is 2.32. The number of amides is 2. The van der Waals surface area contributed by atoms with E-state index in [4.69, 9.17) is 0 Å². The van der Waals surface area contributed by atoms with Gasteiger partial charge in [0.2, 0.25) is 0 Å². The maximum atomic E-state index is 12.3. The number of hydrogen-bond acceptors (Lipinski definition) is 4. The monoisotopic (exact) mass is 352 g/mol. The van der Waals surface area contributed by atoms with Crippen molar-refractivity contribution in [1.82, 2.24) is 0 Å². The lowest BCUT2D eigenvalue weighted by molar-refractivity contribution is 0.102. The van der Waals surface area contributed by atoms with E-state index >= 15 is 0 Å². The van der Waals surface area contributed by atoms with Crippen LogP contribution >= 0.6 is 11.3 Å². The van der Waals surface area contributed by atoms with Gasteiger partial charge in [0.15, 0.2) is 0 Å². The second-order valence-electron chi connectivity index (χ2n) is 5.48. The predicted octanol–water partition coefficient (Wildman–Crippen LogP) is 4.27. The minimum absolute atomic E-state index is 0.0128. The topological polar surface area (TPSA) is 78.4 Å². The van der Waals surface area contributed by atoms with Gasteiger partial charge in [0.1, 0.15) is 5.75 Å². The number of aryl methyl sites for hydroxylation is 1. The number of rotatable bonds is 4. The summed E-state index contributed by atoms with van der Waals surface area (Å²) >= 11 is 1.36. The smallest absolute Gasteiger partial charge is 0.265 e. The van der Waals surface area contributed by atoms with Crippen LogP contribution in [-0.4, -0.2) is 16.9 Å². The van der Waals surface area contributed by atoms with Gasteiger partial charge in [-0.05, 0) is 60.3 Å². The van der Waals surface area contributed by atoms with Gasteiger partial charge in [0, 0.05) is 11.3 Å². The molecule has 3 N–H and O–H groups in total. The lowest BCUT2D eigenvalue weighted by Crippen LogP contribution is -2.13. The number of nitrogens with one attached hydrogen (secondary N) is 2. The minimum Gasteiger partial charge on any atom is -0.506 e. The number of hydrogen-bond donors (Lipinski definition) is 3. The SMILES string of the molecule is Cc1ccc(O)c(NC(=O)c2ccc(NC(=O)c3cccs3)cc2)c1. The Bertz CT molecular complexity index is 903. The number of benzene rings is 2. The lowest BCUT2D eigenvalue weighted by Gasteiger charge is -2.09. The molecule has 0 aliphatic heterocycles. The molecule has 0 radical (unpaired) electrons. The van der Waals surface area contributed by atoms with E-state index in [9.17, 15) is 14.7 Å². The molecular weight excluding hydrogens is 336 g/mol. The number of carbonyl (C=O) groups is 2. The summed E-state index contributed by atoms with van der Waals surface area (Å²) in [7, 11) is 0. The Morgan fingerprint density at radius 2 is 1.72 bits per heavy atom. The van der Waals surface area contributed by atoms with Gasteiger partial charge in [0.25, 0.3) is 11.8 Å². The fourth-order valence-corrected chi connectivity index (χ4v) is 2.87. The van der Waals surface area contributed by atoms with Gasteiger partial charge in [-0.2, -0.15) is 0 Å². The van der Waals surface area contributed by atoms with Crippen molar-refractivity contribution in [3.8, 4) is 5.75 Å². The molecular formula is C19H16N2O3S. The molecule has 0 saturated heterocycles. The van der Waals surface area contributed by atoms with Crippen molar-refractivity contribution in [2.24, 2.45) is 0 Å². The molecule has 0 aliphatic rings. The highest BCUT2D eigenvalue weighted by molar-refractivity contribution is 7.12. The summed E-state index contributed by atoms with van der Waals surface area (Å²) in [5, 5.41) is 17.1. The molecule has 0 atom stereocenters. The average molecular weight is 352 g/mol. The Kier molecular flexibility index (Phi) is 4.81. The van der Waals surface area contributed by atoms with Crippen LogP contribution in [0.3, 0.4) is 0 Å². The Balaban J connectivity index is 1.68. The summed E-state index contributed by atoms with van der Waals surface area (Å²) in [6.07, 6.45) is 0. The largest absolute Gasteiger partial charge is 0.506 e. The third-order valence-corrected chi connectivity index (χ3v) is 4.42. The van der Waals surface area contributed by atoms with E-state index in [0.29, 0.717) is 21.8 Å². The van der Waals surface area contributed by atoms with Crippen molar-refractivity contribution in [3.63, 3.8) is 0 Å². The highest BCUT2D eigenvalue weighted by Crippen LogP contribution is 2.24. The molecule has 1 aromatic heterocycles. The van der Waals surface area contributed by atoms with Gasteiger partial charge < -0.3 is 15.7 Å². The fraction of sp³-hybridized carbons (Fsp3) is 0.0526. The molecule has 1 heterocycles. The van der Waals surface area contributed by atoms with Crippen molar-refractivity contribution < 1.29 is 14.7 Å². The maximum absolute atomic E-state index is 12.3. The number of carbonyl (C=O) groups excluding carboxylic acids is 2. The molecule has 0 unspecified atom stereocenters. The summed E-state index contributed by atoms with van der Waals surface area (Å²) in [6.45, 7) is 1.88. The Hall–Kier alpha value is -3.12. The number of anilines is 2. The molecule has 0 saturated carbocycles. The van der Waals surface area contributed by atoms with Crippen LogP contribution in [0.25, 0.3) is 0 Å². The van der Waals surface area contributed by atoms with Gasteiger partial charge in [-0.15, -0.1) is 11.3 Å². The molecule has 0 fully saturated rings. The van der Waals surface area contributed by atoms with E-state index in [1.54, 1.807) is 42.5 Å². The molecule has 126 valence electrons. The average Bonchev–Trinajstić information content (AvgIpc) is 3.13. The number of aromatic hydroxyl groups is 1. The molecule has 0 spiro atoms. The molecule has 2 amide bonds. The van der Waals surface area contributed by atoms with Crippen LogP contribution in [0.2, 0.25) is 0 Å². The van der Waals surface area contributed by atoms with Gasteiger partial charge in [-0.25, -0.2) is 0 Å². The zero-order valence-corrected chi connectivity index (χ0v) is 14.3. The molecule has 25 heavy (non-hydrogen) atoms. The van der Waals surface area contributed by atoms with Crippen LogP contribution in [-0.2, 0) is 0 Å². The van der Waals surface area contributed by atoms with E-state index in [-0.39, 0.29) is 17.6 Å². The van der Waals surface area contributed by atoms with E-state index in [1.165, 1.54) is 17.4 Å². The molecule has 0 aliphatic carbocycles. The third kappa shape index (κ3) is 4.05. The van der Waals surface area contributed by atoms with Crippen molar-refractivity contribution >= 4 is 34.5 Å². The quantitative estimate of drug-likeness (QED) is 0.614. The van der Waals surface area contributed by atoms with Crippen molar-refractivity contribution in [2.45, 2.75) is 6.92 Å². The number of thiophene rings is 1. The standard InChI is InChI=1S/C19H16N2O3S/c1-12-4-9-16(22)15(11-12)21-18(23)13-5-7-14(8-6-13)20-19(24)17-3-2-10-25-17/h2-11,22H,1H3,(H,20,24)(H,21,23). The highest BCUT2D eigenvalue weighted by Gasteiger charge is 2.11. The first-order chi connectivity index (χ1) is 12.0. The van der Waals surface area contributed by atoms with Gasteiger partial charge >= 0.3 is 0 Å². The fourth-order valence-electron chi connectivity index (χ4n) is 2.25. The van der Waals surface area contributed by atoms with Crippen molar-refractivity contribution in [1.29, 1.82) is 0 Å². The van der Waals surface area contributed by atoms with Crippen molar-refractivity contribution in [2.75, 3.05) is 10.6 Å². The van der Waals surface area contributed by atoms with E-state index < -0.39 is 0 Å². The summed E-state index contributed by atoms with van der Waals surface area (Å²) < 4.78 is 0. The summed E-state index contributed by atoms with van der Waals surface area (Å²) in [4.78, 5) is 24.9. The van der Waals surface area contributed by atoms with Crippen LogP contribution < -0.4 is 10.6 Å². The first kappa shape index (κ1) is 16.7. The van der Waals surface area contributed by atoms with Crippen LogP contribution in [0.15, 0.2) is 60.0 Å². The first-order valence-corrected chi connectivity index (χ1v) is 8.47. The Morgan fingerprint density at radius 3 is 2.40 bits per heavy atom. The highest BCUT2D eigenvalue weighted by atomic mass is 32.1. The van der Waals surface area contributed by atoms with Gasteiger partial charge in [-0.3, -0.25) is 9.59 Å². The van der Waals surface area contributed by atoms with Gasteiger partial charge in [-0.1, -0.05) is 12.1 Å². The van der Waals surface area contributed by atoms with Crippen molar-refractivity contribution in [3.05, 3.63) is 76.0 Å². The Morgan fingerprint density at radius 1 is 0.960 bits per heavy atom. The third-order valence-electron chi connectivity index (χ3n) is 3.55. The maximum Gasteiger partial charge on any atom is 0.265 e. The Labute approximate surface area is 148 Å². The molecule has 3 rings (SSSR count). The van der Waals surface area contributed by atoms with E-state index in [1.807, 2.05) is 18.4 Å². The second kappa shape index (κ2) is 7.19. The number of phenols is 1. The molecule has 0 bridgehead atoms. The van der Waals surface area contributed by atoms with E-state index in [2.05, 4.69) is 10.6 Å². The lowest BCUT2D eigenvalue weighted by atomic mass is 10.1. The summed E-state index contributed by atoms with van der Waals surface area (Å²) in [6, 6.07) is 15.1.